The largest absolute Gasteiger partial charge is 0.385 e. The molecule has 0 aromatic carbocycles. The van der Waals surface area contributed by atoms with Crippen LogP contribution in [0.2, 0.25) is 0 Å². The Balaban J connectivity index is 1.52. The van der Waals surface area contributed by atoms with Crippen molar-refractivity contribution in [2.24, 2.45) is 11.3 Å². The molecule has 0 radical (unpaired) electrons. The maximum Gasteiger partial charge on any atom is 0.233 e. The number of ether oxygens (including phenoxy) is 1. The Bertz CT molecular complexity index is 260. The van der Waals surface area contributed by atoms with E-state index in [-0.39, 0.29) is 5.91 Å². The van der Waals surface area contributed by atoms with Gasteiger partial charge in [0.1, 0.15) is 0 Å². The zero-order chi connectivity index (χ0) is 12.1. The molecular formula is C13H24N2O2. The lowest BCUT2D eigenvalue weighted by Crippen LogP contribution is -2.38. The predicted octanol–water partition coefficient (Wildman–Crippen LogP) is 0.919. The fourth-order valence-corrected chi connectivity index (χ4v) is 2.07. The van der Waals surface area contributed by atoms with Gasteiger partial charge in [-0.2, -0.15) is 0 Å². The molecule has 4 nitrogen and oxygen atoms in total. The molecule has 1 amide bonds. The van der Waals surface area contributed by atoms with Crippen molar-refractivity contribution in [2.75, 3.05) is 33.4 Å². The lowest BCUT2D eigenvalue weighted by Gasteiger charge is -2.15. The van der Waals surface area contributed by atoms with Crippen molar-refractivity contribution >= 4 is 5.91 Å². The molecule has 2 saturated carbocycles. The number of amides is 1. The van der Waals surface area contributed by atoms with Crippen LogP contribution in [0.1, 0.15) is 32.1 Å². The summed E-state index contributed by atoms with van der Waals surface area (Å²) in [6.07, 6.45) is 6.18. The van der Waals surface area contributed by atoms with Gasteiger partial charge in [-0.1, -0.05) is 0 Å². The van der Waals surface area contributed by atoms with Crippen LogP contribution in [0.25, 0.3) is 0 Å². The van der Waals surface area contributed by atoms with Gasteiger partial charge in [-0.05, 0) is 50.0 Å². The summed E-state index contributed by atoms with van der Waals surface area (Å²) in [5.74, 6) is 0.966. The number of hydrogen-bond acceptors (Lipinski definition) is 3. The molecule has 2 fully saturated rings. The minimum Gasteiger partial charge on any atom is -0.385 e. The van der Waals surface area contributed by atoms with E-state index in [0.29, 0.717) is 12.0 Å². The van der Waals surface area contributed by atoms with E-state index in [2.05, 4.69) is 10.6 Å². The maximum atomic E-state index is 11.6. The Labute approximate surface area is 103 Å². The van der Waals surface area contributed by atoms with Crippen LogP contribution < -0.4 is 10.6 Å². The van der Waals surface area contributed by atoms with Crippen LogP contribution in [0, 0.1) is 11.3 Å². The van der Waals surface area contributed by atoms with Gasteiger partial charge in [0.2, 0.25) is 5.91 Å². The van der Waals surface area contributed by atoms with E-state index in [1.165, 1.54) is 25.7 Å². The highest BCUT2D eigenvalue weighted by Crippen LogP contribution is 2.48. The van der Waals surface area contributed by atoms with Gasteiger partial charge in [0.15, 0.2) is 0 Å². The van der Waals surface area contributed by atoms with Crippen LogP contribution in [0.5, 0.6) is 0 Å². The van der Waals surface area contributed by atoms with Crippen molar-refractivity contribution in [1.29, 1.82) is 0 Å². The Morgan fingerprint density at radius 3 is 2.76 bits per heavy atom. The predicted molar refractivity (Wildman–Crippen MR) is 66.8 cm³/mol. The lowest BCUT2D eigenvalue weighted by atomic mass is 10.0. The van der Waals surface area contributed by atoms with Crippen LogP contribution in [0.4, 0.5) is 0 Å². The fraction of sp³-hybridized carbons (Fsp3) is 0.923. The molecule has 0 aliphatic heterocycles. The molecule has 0 aromatic rings. The summed E-state index contributed by atoms with van der Waals surface area (Å²) in [5.41, 5.74) is 0.349. The van der Waals surface area contributed by atoms with Crippen molar-refractivity contribution in [3.63, 3.8) is 0 Å². The standard InChI is InChI=1S/C13H24N2O2/c1-17-7-6-13(4-5-13)10-15-12(16)9-14-8-11-2-3-11/h11,14H,2-10H2,1H3,(H,15,16). The molecule has 2 aliphatic carbocycles. The van der Waals surface area contributed by atoms with Gasteiger partial charge in [-0.25, -0.2) is 0 Å². The molecule has 17 heavy (non-hydrogen) atoms. The van der Waals surface area contributed by atoms with E-state index >= 15 is 0 Å². The third kappa shape index (κ3) is 4.64. The Hall–Kier alpha value is -0.610. The third-order valence-corrected chi connectivity index (χ3v) is 3.87. The summed E-state index contributed by atoms with van der Waals surface area (Å²) in [6.45, 7) is 3.09. The highest BCUT2D eigenvalue weighted by Gasteiger charge is 2.41. The smallest absolute Gasteiger partial charge is 0.233 e. The number of hydrogen-bond donors (Lipinski definition) is 2. The molecule has 0 unspecified atom stereocenters. The maximum absolute atomic E-state index is 11.6. The molecule has 0 atom stereocenters. The number of carbonyl (C=O) groups is 1. The Morgan fingerprint density at radius 1 is 1.41 bits per heavy atom. The highest BCUT2D eigenvalue weighted by atomic mass is 16.5. The zero-order valence-corrected chi connectivity index (χ0v) is 10.8. The quantitative estimate of drug-likeness (QED) is 0.630. The molecule has 2 rings (SSSR count). The SMILES string of the molecule is COCCC1(CNC(=O)CNCC2CC2)CC1. The second-order valence-corrected chi connectivity index (χ2v) is 5.59. The van der Waals surface area contributed by atoms with Gasteiger partial charge >= 0.3 is 0 Å². The topological polar surface area (TPSA) is 50.4 Å². The molecule has 0 heterocycles. The molecule has 0 aromatic heterocycles. The minimum atomic E-state index is 0.134. The first-order valence-electron chi connectivity index (χ1n) is 6.70. The molecule has 2 aliphatic rings. The van der Waals surface area contributed by atoms with Gasteiger partial charge in [0.25, 0.3) is 0 Å². The van der Waals surface area contributed by atoms with Gasteiger partial charge in [0, 0.05) is 20.3 Å². The van der Waals surface area contributed by atoms with Crippen LogP contribution in [0.15, 0.2) is 0 Å². The van der Waals surface area contributed by atoms with Crippen LogP contribution in [0.3, 0.4) is 0 Å². The van der Waals surface area contributed by atoms with E-state index in [0.717, 1.165) is 32.0 Å². The second kappa shape index (κ2) is 5.83. The molecule has 2 N–H and O–H groups in total. The average Bonchev–Trinajstić information content (AvgIpc) is 3.20. The Morgan fingerprint density at radius 2 is 2.18 bits per heavy atom. The fourth-order valence-electron chi connectivity index (χ4n) is 2.07. The molecule has 4 heteroatoms. The van der Waals surface area contributed by atoms with Gasteiger partial charge in [0.05, 0.1) is 6.54 Å². The summed E-state index contributed by atoms with van der Waals surface area (Å²) < 4.78 is 5.10. The number of methoxy groups -OCH3 is 1. The van der Waals surface area contributed by atoms with Crippen molar-refractivity contribution in [3.05, 3.63) is 0 Å². The second-order valence-electron chi connectivity index (χ2n) is 5.59. The van der Waals surface area contributed by atoms with Gasteiger partial charge in [-0.15, -0.1) is 0 Å². The monoisotopic (exact) mass is 240 g/mol. The average molecular weight is 240 g/mol. The van der Waals surface area contributed by atoms with Crippen molar-refractivity contribution in [3.8, 4) is 0 Å². The minimum absolute atomic E-state index is 0.134. The molecular weight excluding hydrogens is 216 g/mol. The first kappa shape index (κ1) is 12.8. The molecule has 0 spiro atoms. The Kier molecular flexibility index (Phi) is 4.40. The van der Waals surface area contributed by atoms with Gasteiger partial charge < -0.3 is 15.4 Å². The zero-order valence-electron chi connectivity index (χ0n) is 10.8. The normalized spacial score (nSPS) is 21.2. The number of carbonyl (C=O) groups excluding carboxylic acids is 1. The van der Waals surface area contributed by atoms with E-state index in [9.17, 15) is 4.79 Å². The van der Waals surface area contributed by atoms with E-state index in [1.54, 1.807) is 7.11 Å². The summed E-state index contributed by atoms with van der Waals surface area (Å²) >= 11 is 0. The summed E-state index contributed by atoms with van der Waals surface area (Å²) in [4.78, 5) is 11.6. The molecule has 0 bridgehead atoms. The van der Waals surface area contributed by atoms with Crippen LogP contribution in [-0.2, 0) is 9.53 Å². The lowest BCUT2D eigenvalue weighted by molar-refractivity contribution is -0.120. The molecule has 0 saturated heterocycles. The summed E-state index contributed by atoms with van der Waals surface area (Å²) in [6, 6.07) is 0. The van der Waals surface area contributed by atoms with E-state index in [1.807, 2.05) is 0 Å². The van der Waals surface area contributed by atoms with Crippen LogP contribution in [-0.4, -0.2) is 39.3 Å². The van der Waals surface area contributed by atoms with E-state index in [4.69, 9.17) is 4.74 Å². The third-order valence-electron chi connectivity index (χ3n) is 3.87. The van der Waals surface area contributed by atoms with E-state index < -0.39 is 0 Å². The summed E-state index contributed by atoms with van der Waals surface area (Å²) in [5, 5.41) is 6.24. The van der Waals surface area contributed by atoms with Crippen molar-refractivity contribution in [1.82, 2.24) is 10.6 Å². The first-order chi connectivity index (χ1) is 8.24. The molecule has 98 valence electrons. The highest BCUT2D eigenvalue weighted by molar-refractivity contribution is 5.78. The number of nitrogens with one attached hydrogen (secondary N) is 2. The summed E-state index contributed by atoms with van der Waals surface area (Å²) in [7, 11) is 1.73. The van der Waals surface area contributed by atoms with Crippen molar-refractivity contribution in [2.45, 2.75) is 32.1 Å². The van der Waals surface area contributed by atoms with Gasteiger partial charge in [-0.3, -0.25) is 4.79 Å². The first-order valence-corrected chi connectivity index (χ1v) is 6.70. The van der Waals surface area contributed by atoms with Crippen molar-refractivity contribution < 1.29 is 9.53 Å². The van der Waals surface area contributed by atoms with Crippen LogP contribution >= 0.6 is 0 Å². The number of rotatable bonds is 9.